The molecule has 1 aromatic rings. The molecule has 0 atom stereocenters. The van der Waals surface area contributed by atoms with Gasteiger partial charge in [0.2, 0.25) is 0 Å². The van der Waals surface area contributed by atoms with E-state index in [1.54, 1.807) is 0 Å². The number of aliphatic hydroxyl groups excluding tert-OH is 2. The third-order valence-corrected chi connectivity index (χ3v) is 2.42. The van der Waals surface area contributed by atoms with Gasteiger partial charge in [0.15, 0.2) is 12.6 Å². The van der Waals surface area contributed by atoms with Crippen molar-refractivity contribution in [3.63, 3.8) is 0 Å². The lowest BCUT2D eigenvalue weighted by Crippen LogP contribution is -2.17. The molecule has 1 rings (SSSR count). The maximum absolute atomic E-state index is 13.7. The van der Waals surface area contributed by atoms with Crippen molar-refractivity contribution in [3.05, 3.63) is 33.9 Å². The average molecular weight is 264 g/mol. The van der Waals surface area contributed by atoms with Gasteiger partial charge < -0.3 is 25.5 Å². The van der Waals surface area contributed by atoms with Crippen molar-refractivity contribution in [1.29, 1.82) is 0 Å². The van der Waals surface area contributed by atoms with Crippen LogP contribution >= 0.6 is 0 Å². The second-order valence-corrected chi connectivity index (χ2v) is 3.51. The van der Waals surface area contributed by atoms with Crippen LogP contribution in [0.4, 0.5) is 8.78 Å². The number of rotatable bonds is 3. The van der Waals surface area contributed by atoms with Crippen LogP contribution < -0.4 is 0 Å². The molecule has 0 unspecified atom stereocenters. The topological polar surface area (TPSA) is 118 Å². The molecule has 0 aliphatic carbocycles. The van der Waals surface area contributed by atoms with Gasteiger partial charge in [-0.05, 0) is 6.92 Å². The van der Waals surface area contributed by atoms with Crippen molar-refractivity contribution < 1.29 is 39.1 Å². The fourth-order valence-electron chi connectivity index (χ4n) is 1.61. The first kappa shape index (κ1) is 14.5. The van der Waals surface area contributed by atoms with Gasteiger partial charge in [0.1, 0.15) is 17.2 Å². The first-order chi connectivity index (χ1) is 8.20. The molecule has 8 heteroatoms. The van der Waals surface area contributed by atoms with Gasteiger partial charge in [0.25, 0.3) is 0 Å². The van der Waals surface area contributed by atoms with Crippen LogP contribution in [0.3, 0.4) is 0 Å². The fraction of sp³-hybridized carbons (Fsp3) is 0.300. The minimum absolute atomic E-state index is 0.674. The predicted molar refractivity (Wildman–Crippen MR) is 52.4 cm³/mol. The van der Waals surface area contributed by atoms with Crippen molar-refractivity contribution in [2.45, 2.75) is 19.5 Å². The summed E-state index contributed by atoms with van der Waals surface area (Å²) >= 11 is 0. The molecule has 0 bridgehead atoms. The lowest BCUT2D eigenvalue weighted by atomic mass is 9.96. The molecule has 0 aliphatic rings. The van der Waals surface area contributed by atoms with E-state index in [2.05, 4.69) is 0 Å². The average Bonchev–Trinajstić information content (AvgIpc) is 2.21. The normalized spacial score (nSPS) is 11.4. The predicted octanol–water partition coefficient (Wildman–Crippen LogP) is -0.0622. The molecule has 5 N–H and O–H groups in total. The second-order valence-electron chi connectivity index (χ2n) is 3.51. The monoisotopic (exact) mass is 264 g/mol. The number of carboxylic acid groups (broad SMARTS) is 1. The van der Waals surface area contributed by atoms with Gasteiger partial charge in [-0.2, -0.15) is 0 Å². The van der Waals surface area contributed by atoms with E-state index in [-0.39, 0.29) is 0 Å². The van der Waals surface area contributed by atoms with Crippen molar-refractivity contribution in [3.8, 4) is 0 Å². The molecule has 0 aliphatic heterocycles. The molecule has 0 aromatic heterocycles. The third kappa shape index (κ3) is 2.18. The van der Waals surface area contributed by atoms with Crippen molar-refractivity contribution >= 4 is 5.97 Å². The van der Waals surface area contributed by atoms with Crippen LogP contribution in [0.5, 0.6) is 0 Å². The molecular formula is C10H10F2O6. The number of aromatic carboxylic acids is 1. The van der Waals surface area contributed by atoms with Crippen molar-refractivity contribution in [1.82, 2.24) is 0 Å². The van der Waals surface area contributed by atoms with Gasteiger partial charge in [0.05, 0.1) is 11.1 Å². The standard InChI is InChI=1S/C10H10F2O6/c1-2-3(8(13)14)7(12)5(10(17)18)4(6(2)11)9(15)16/h9-10,15-18H,1H3,(H,13,14). The molecule has 0 heterocycles. The zero-order valence-electron chi connectivity index (χ0n) is 9.05. The number of hydrogen-bond donors (Lipinski definition) is 5. The van der Waals surface area contributed by atoms with E-state index >= 15 is 0 Å². The molecule has 0 saturated heterocycles. The number of hydrogen-bond acceptors (Lipinski definition) is 5. The summed E-state index contributed by atoms with van der Waals surface area (Å²) in [6.45, 7) is 0.918. The molecule has 1 aromatic carbocycles. The van der Waals surface area contributed by atoms with Crippen molar-refractivity contribution in [2.24, 2.45) is 0 Å². The molecule has 6 nitrogen and oxygen atoms in total. The third-order valence-electron chi connectivity index (χ3n) is 2.42. The largest absolute Gasteiger partial charge is 0.478 e. The molecule has 0 fully saturated rings. The van der Waals surface area contributed by atoms with Gasteiger partial charge in [-0.3, -0.25) is 0 Å². The summed E-state index contributed by atoms with van der Waals surface area (Å²) in [6.07, 6.45) is -5.10. The van der Waals surface area contributed by atoms with Crippen LogP contribution in [0.2, 0.25) is 0 Å². The highest BCUT2D eigenvalue weighted by molar-refractivity contribution is 5.90. The highest BCUT2D eigenvalue weighted by Crippen LogP contribution is 2.32. The molecular weight excluding hydrogens is 254 g/mol. The lowest BCUT2D eigenvalue weighted by Gasteiger charge is -2.18. The molecule has 100 valence electrons. The Hall–Kier alpha value is -1.61. The maximum Gasteiger partial charge on any atom is 0.339 e. The van der Waals surface area contributed by atoms with E-state index < -0.39 is 52.4 Å². The van der Waals surface area contributed by atoms with Gasteiger partial charge in [0, 0.05) is 5.56 Å². The number of benzene rings is 1. The maximum atomic E-state index is 13.7. The Balaban J connectivity index is 3.82. The van der Waals surface area contributed by atoms with E-state index in [1.807, 2.05) is 0 Å². The number of halogens is 2. The van der Waals surface area contributed by atoms with Gasteiger partial charge in [-0.25, -0.2) is 13.6 Å². The number of carboxylic acids is 1. The molecule has 0 amide bonds. The highest BCUT2D eigenvalue weighted by atomic mass is 19.1. The van der Waals surface area contributed by atoms with Gasteiger partial charge in [-0.1, -0.05) is 0 Å². The number of carbonyl (C=O) groups is 1. The van der Waals surface area contributed by atoms with Crippen LogP contribution in [-0.4, -0.2) is 31.5 Å². The van der Waals surface area contributed by atoms with Crippen molar-refractivity contribution in [2.75, 3.05) is 0 Å². The van der Waals surface area contributed by atoms with E-state index in [0.29, 0.717) is 0 Å². The van der Waals surface area contributed by atoms with Gasteiger partial charge >= 0.3 is 5.97 Å². The SMILES string of the molecule is Cc1c(F)c(C(O)O)c(C(O)O)c(F)c1C(=O)O. The van der Waals surface area contributed by atoms with Crippen LogP contribution in [-0.2, 0) is 0 Å². The Morgan fingerprint density at radius 3 is 1.72 bits per heavy atom. The minimum Gasteiger partial charge on any atom is -0.478 e. The lowest BCUT2D eigenvalue weighted by molar-refractivity contribution is -0.0674. The van der Waals surface area contributed by atoms with E-state index in [9.17, 15) is 13.6 Å². The molecule has 18 heavy (non-hydrogen) atoms. The first-order valence-electron chi connectivity index (χ1n) is 4.67. The first-order valence-corrected chi connectivity index (χ1v) is 4.67. The summed E-state index contributed by atoms with van der Waals surface area (Å²) in [5, 5.41) is 44.3. The van der Waals surface area contributed by atoms with E-state index in [0.717, 1.165) is 6.92 Å². The Morgan fingerprint density at radius 2 is 1.39 bits per heavy atom. The van der Waals surface area contributed by atoms with Crippen LogP contribution in [0.15, 0.2) is 0 Å². The summed E-state index contributed by atoms with van der Waals surface area (Å²) in [5.41, 5.74) is -4.09. The second kappa shape index (κ2) is 4.94. The van der Waals surface area contributed by atoms with E-state index in [1.165, 1.54) is 0 Å². The Kier molecular flexibility index (Phi) is 3.97. The summed E-state index contributed by atoms with van der Waals surface area (Å²) < 4.78 is 27.4. The summed E-state index contributed by atoms with van der Waals surface area (Å²) in [5.74, 6) is -4.86. The Morgan fingerprint density at radius 1 is 1.00 bits per heavy atom. The van der Waals surface area contributed by atoms with Crippen LogP contribution in [0.1, 0.15) is 39.6 Å². The fourth-order valence-corrected chi connectivity index (χ4v) is 1.61. The van der Waals surface area contributed by atoms with E-state index in [4.69, 9.17) is 25.5 Å². The Bertz CT molecular complexity index is 498. The van der Waals surface area contributed by atoms with Crippen LogP contribution in [0, 0.1) is 18.6 Å². The minimum atomic E-state index is -2.59. The highest BCUT2D eigenvalue weighted by Gasteiger charge is 2.31. The van der Waals surface area contributed by atoms with Crippen LogP contribution in [0.25, 0.3) is 0 Å². The molecule has 0 radical (unpaired) electrons. The summed E-state index contributed by atoms with van der Waals surface area (Å²) in [7, 11) is 0. The molecule has 0 spiro atoms. The number of aliphatic hydroxyl groups is 4. The molecule has 0 saturated carbocycles. The zero-order chi connectivity index (χ0) is 14.2. The zero-order valence-corrected chi connectivity index (χ0v) is 9.05. The quantitative estimate of drug-likeness (QED) is 0.488. The Labute approximate surface area is 99.4 Å². The van der Waals surface area contributed by atoms with Gasteiger partial charge in [-0.15, -0.1) is 0 Å². The summed E-state index contributed by atoms with van der Waals surface area (Å²) in [4.78, 5) is 10.8. The smallest absolute Gasteiger partial charge is 0.339 e. The summed E-state index contributed by atoms with van der Waals surface area (Å²) in [6, 6.07) is 0.